The molecule has 0 N–H and O–H groups in total. The van der Waals surface area contributed by atoms with Crippen LogP contribution < -0.4 is 9.47 Å². The zero-order chi connectivity index (χ0) is 19.8. The lowest BCUT2D eigenvalue weighted by Gasteiger charge is -2.10. The van der Waals surface area contributed by atoms with E-state index in [1.807, 2.05) is 38.1 Å². The normalized spacial score (nSPS) is 11.3. The van der Waals surface area contributed by atoms with Gasteiger partial charge in [0.1, 0.15) is 22.5 Å². The van der Waals surface area contributed by atoms with Crippen LogP contribution in [0.25, 0.3) is 22.2 Å². The number of hydrogen-bond donors (Lipinski definition) is 0. The van der Waals surface area contributed by atoms with E-state index in [0.29, 0.717) is 24.6 Å². The summed E-state index contributed by atoms with van der Waals surface area (Å²) in [5.41, 5.74) is 6.10. The van der Waals surface area contributed by atoms with Gasteiger partial charge < -0.3 is 18.3 Å². The third-order valence-electron chi connectivity index (χ3n) is 4.65. The lowest BCUT2D eigenvalue weighted by Crippen LogP contribution is -1.97. The fourth-order valence-electron chi connectivity index (χ4n) is 3.47. The summed E-state index contributed by atoms with van der Waals surface area (Å²) in [4.78, 5) is 8.85. The third-order valence-corrected chi connectivity index (χ3v) is 4.65. The maximum absolute atomic E-state index is 5.80. The van der Waals surface area contributed by atoms with Crippen molar-refractivity contribution in [3.05, 3.63) is 59.3 Å². The van der Waals surface area contributed by atoms with E-state index in [2.05, 4.69) is 16.5 Å². The Morgan fingerprint density at radius 3 is 1.64 bits per heavy atom. The third kappa shape index (κ3) is 3.33. The first-order valence-corrected chi connectivity index (χ1v) is 9.01. The van der Waals surface area contributed by atoms with Crippen molar-refractivity contribution in [2.75, 3.05) is 14.2 Å². The van der Waals surface area contributed by atoms with E-state index in [9.17, 15) is 0 Å². The van der Waals surface area contributed by atoms with Crippen molar-refractivity contribution in [2.45, 2.75) is 26.7 Å². The molecule has 0 unspecified atom stereocenters. The molecular formula is C22H22N2O4. The number of allylic oxidation sites excluding steroid dienone is 1. The lowest BCUT2D eigenvalue weighted by atomic mass is 9.98. The van der Waals surface area contributed by atoms with Crippen molar-refractivity contribution < 1.29 is 18.3 Å². The minimum absolute atomic E-state index is 0.627. The topological polar surface area (TPSA) is 70.5 Å². The average Bonchev–Trinajstić information content (AvgIpc) is 3.22. The Labute approximate surface area is 162 Å². The van der Waals surface area contributed by atoms with Crippen LogP contribution in [0.2, 0.25) is 0 Å². The molecule has 0 spiro atoms. The van der Waals surface area contributed by atoms with Gasteiger partial charge in [0.25, 0.3) is 0 Å². The molecule has 2 heterocycles. The number of hydrogen-bond acceptors (Lipinski definition) is 6. The van der Waals surface area contributed by atoms with Crippen LogP contribution in [0.5, 0.6) is 11.5 Å². The second kappa shape index (κ2) is 7.03. The van der Waals surface area contributed by atoms with Crippen molar-refractivity contribution in [2.24, 2.45) is 0 Å². The van der Waals surface area contributed by atoms with E-state index >= 15 is 0 Å². The van der Waals surface area contributed by atoms with Gasteiger partial charge in [-0.3, -0.25) is 0 Å². The molecule has 144 valence electrons. The molecule has 2 aromatic heterocycles. The Kier molecular flexibility index (Phi) is 4.55. The molecule has 6 heteroatoms. The summed E-state index contributed by atoms with van der Waals surface area (Å²) in [6.45, 7) is 7.95. The highest BCUT2D eigenvalue weighted by Crippen LogP contribution is 2.31. The number of rotatable bonds is 6. The van der Waals surface area contributed by atoms with Gasteiger partial charge in [0, 0.05) is 37.1 Å². The number of aryl methyl sites for hydroxylation is 2. The van der Waals surface area contributed by atoms with Gasteiger partial charge in [-0.05, 0) is 25.0 Å². The summed E-state index contributed by atoms with van der Waals surface area (Å²) in [6, 6.07) is 7.69. The molecule has 0 atom stereocenters. The molecule has 0 radical (unpaired) electrons. The van der Waals surface area contributed by atoms with E-state index in [0.717, 1.165) is 50.4 Å². The summed E-state index contributed by atoms with van der Waals surface area (Å²) in [7, 11) is 3.29. The first-order valence-electron chi connectivity index (χ1n) is 9.01. The second-order valence-corrected chi connectivity index (χ2v) is 6.84. The van der Waals surface area contributed by atoms with E-state index in [1.165, 1.54) is 0 Å². The van der Waals surface area contributed by atoms with Crippen LogP contribution in [0.3, 0.4) is 0 Å². The zero-order valence-corrected chi connectivity index (χ0v) is 16.5. The van der Waals surface area contributed by atoms with Gasteiger partial charge in [-0.25, -0.2) is 9.97 Å². The molecule has 0 amide bonds. The highest BCUT2D eigenvalue weighted by atomic mass is 16.5. The highest BCUT2D eigenvalue weighted by Gasteiger charge is 2.15. The first-order chi connectivity index (χ1) is 13.5. The van der Waals surface area contributed by atoms with Crippen LogP contribution in [-0.2, 0) is 12.8 Å². The van der Waals surface area contributed by atoms with Crippen LogP contribution >= 0.6 is 0 Å². The van der Waals surface area contributed by atoms with Crippen molar-refractivity contribution in [1.82, 2.24) is 9.97 Å². The Hall–Kier alpha value is -3.28. The summed E-state index contributed by atoms with van der Waals surface area (Å²) >= 11 is 0. The number of benzene rings is 2. The number of oxazole rings is 2. The van der Waals surface area contributed by atoms with E-state index in [-0.39, 0.29) is 0 Å². The molecule has 0 saturated carbocycles. The molecule has 0 bridgehead atoms. The van der Waals surface area contributed by atoms with Gasteiger partial charge in [-0.15, -0.1) is 0 Å². The minimum atomic E-state index is 0.627. The minimum Gasteiger partial charge on any atom is -0.497 e. The fraction of sp³-hybridized carbons (Fsp3) is 0.273. The molecule has 0 aliphatic rings. The predicted molar refractivity (Wildman–Crippen MR) is 107 cm³/mol. The van der Waals surface area contributed by atoms with Crippen molar-refractivity contribution in [1.29, 1.82) is 0 Å². The second-order valence-electron chi connectivity index (χ2n) is 6.84. The summed E-state index contributed by atoms with van der Waals surface area (Å²) in [5, 5.41) is 0. The number of nitrogens with zero attached hydrogens (tertiary/aromatic N) is 2. The van der Waals surface area contributed by atoms with Gasteiger partial charge in [0.05, 0.1) is 14.2 Å². The molecule has 0 fully saturated rings. The zero-order valence-electron chi connectivity index (χ0n) is 16.5. The number of ether oxygens (including phenoxy) is 2. The van der Waals surface area contributed by atoms with Gasteiger partial charge >= 0.3 is 0 Å². The molecular weight excluding hydrogens is 356 g/mol. The van der Waals surface area contributed by atoms with Gasteiger partial charge in [0.2, 0.25) is 0 Å². The van der Waals surface area contributed by atoms with Crippen LogP contribution in [0, 0.1) is 13.8 Å². The quantitative estimate of drug-likeness (QED) is 0.442. The molecule has 0 saturated heterocycles. The maximum atomic E-state index is 5.80. The predicted octanol–water partition coefficient (Wildman–Crippen LogP) is 4.94. The van der Waals surface area contributed by atoms with Gasteiger partial charge in [-0.1, -0.05) is 12.2 Å². The van der Waals surface area contributed by atoms with Gasteiger partial charge in [-0.2, -0.15) is 0 Å². The monoisotopic (exact) mass is 378 g/mol. The molecule has 0 aliphatic heterocycles. The SMILES string of the molecule is C=C(Cc1cc(OC)cc2nc(C)oc12)Cc1cc(OC)cc2nc(C)oc12. The Balaban J connectivity index is 1.67. The van der Waals surface area contributed by atoms with E-state index in [1.54, 1.807) is 14.2 Å². The van der Waals surface area contributed by atoms with Crippen molar-refractivity contribution in [3.63, 3.8) is 0 Å². The summed E-state index contributed by atoms with van der Waals surface area (Å²) < 4.78 is 22.4. The van der Waals surface area contributed by atoms with Crippen LogP contribution in [0.15, 0.2) is 45.3 Å². The average molecular weight is 378 g/mol. The van der Waals surface area contributed by atoms with Crippen LogP contribution in [-0.4, -0.2) is 24.2 Å². The standard InChI is InChI=1S/C22H22N2O4/c1-12(6-15-8-17(25-4)10-19-21(15)27-13(2)23-19)7-16-9-18(26-5)11-20-22(16)28-14(3)24-20/h8-11H,1,6-7H2,2-5H3. The fourth-order valence-corrected chi connectivity index (χ4v) is 3.47. The Morgan fingerprint density at radius 1 is 0.821 bits per heavy atom. The number of methoxy groups -OCH3 is 2. The molecule has 0 aliphatic carbocycles. The largest absolute Gasteiger partial charge is 0.497 e. The summed E-state index contributed by atoms with van der Waals surface area (Å²) in [5.74, 6) is 2.75. The van der Waals surface area contributed by atoms with Crippen LogP contribution in [0.4, 0.5) is 0 Å². The number of aromatic nitrogens is 2. The Bertz CT molecular complexity index is 1090. The van der Waals surface area contributed by atoms with Crippen LogP contribution in [0.1, 0.15) is 22.9 Å². The molecule has 6 nitrogen and oxygen atoms in total. The lowest BCUT2D eigenvalue weighted by molar-refractivity contribution is 0.414. The number of fused-ring (bicyclic) bond motifs is 2. The van der Waals surface area contributed by atoms with E-state index in [4.69, 9.17) is 18.3 Å². The Morgan fingerprint density at radius 2 is 1.25 bits per heavy atom. The van der Waals surface area contributed by atoms with Crippen molar-refractivity contribution >= 4 is 22.2 Å². The highest BCUT2D eigenvalue weighted by molar-refractivity contribution is 5.80. The first kappa shape index (κ1) is 18.1. The molecule has 4 aromatic rings. The molecule has 28 heavy (non-hydrogen) atoms. The van der Waals surface area contributed by atoms with Crippen molar-refractivity contribution in [3.8, 4) is 11.5 Å². The van der Waals surface area contributed by atoms with E-state index < -0.39 is 0 Å². The summed E-state index contributed by atoms with van der Waals surface area (Å²) in [6.07, 6.45) is 1.27. The van der Waals surface area contributed by atoms with Gasteiger partial charge in [0.15, 0.2) is 22.9 Å². The smallest absolute Gasteiger partial charge is 0.192 e. The molecule has 4 rings (SSSR count). The maximum Gasteiger partial charge on any atom is 0.192 e. The molecule has 2 aromatic carbocycles.